The van der Waals surface area contributed by atoms with Crippen LogP contribution in [0.5, 0.6) is 0 Å². The highest BCUT2D eigenvalue weighted by atomic mass is 19.1. The van der Waals surface area contributed by atoms with E-state index in [1.807, 2.05) is 11.8 Å². The van der Waals surface area contributed by atoms with E-state index < -0.39 is 35.5 Å². The van der Waals surface area contributed by atoms with E-state index in [1.165, 1.54) is 18.2 Å². The van der Waals surface area contributed by atoms with E-state index >= 15 is 0 Å². The minimum atomic E-state index is -1.02. The third kappa shape index (κ3) is 8.96. The van der Waals surface area contributed by atoms with Gasteiger partial charge in [-0.15, -0.1) is 0 Å². The number of rotatable bonds is 17. The van der Waals surface area contributed by atoms with Crippen molar-refractivity contribution in [3.8, 4) is 0 Å². The van der Waals surface area contributed by atoms with Crippen molar-refractivity contribution in [3.63, 3.8) is 0 Å². The molecule has 0 bridgehead atoms. The number of H-pyrrole nitrogens is 1. The van der Waals surface area contributed by atoms with E-state index in [0.29, 0.717) is 77.7 Å². The van der Waals surface area contributed by atoms with Gasteiger partial charge >= 0.3 is 0 Å². The molecule has 0 aliphatic carbocycles. The summed E-state index contributed by atoms with van der Waals surface area (Å²) in [6, 6.07) is 8.06. The number of halogens is 1. The largest absolute Gasteiger partial charge is 0.384 e. The maximum absolute atomic E-state index is 13.9. The van der Waals surface area contributed by atoms with Crippen molar-refractivity contribution in [2.24, 2.45) is 0 Å². The number of hydrogen-bond acceptors (Lipinski definition) is 9. The lowest BCUT2D eigenvalue weighted by Crippen LogP contribution is -2.54. The number of likely N-dealkylation sites (N-methyl/N-ethyl adjacent to an activating group) is 1. The molecule has 6 N–H and O–H groups in total. The summed E-state index contributed by atoms with van der Waals surface area (Å²) in [5, 5.41) is 14.1. The molecule has 16 heteroatoms. The van der Waals surface area contributed by atoms with Gasteiger partial charge in [0.25, 0.3) is 23.6 Å². The molecule has 0 spiro atoms. The second kappa shape index (κ2) is 17.7. The van der Waals surface area contributed by atoms with Gasteiger partial charge in [-0.25, -0.2) is 4.39 Å². The number of benzene rings is 2. The fraction of sp³-hybridized carbons (Fsp3) is 0.390. The van der Waals surface area contributed by atoms with Gasteiger partial charge < -0.3 is 26.3 Å². The molecule has 1 aromatic heterocycles. The molecule has 2 aromatic carbocycles. The van der Waals surface area contributed by atoms with Crippen LogP contribution in [0.25, 0.3) is 11.6 Å². The normalized spacial score (nSPS) is 16.9. The van der Waals surface area contributed by atoms with Crippen molar-refractivity contribution in [2.45, 2.75) is 65.3 Å². The Kier molecular flexibility index (Phi) is 12.6. The lowest BCUT2D eigenvalue weighted by molar-refractivity contribution is -0.136. The van der Waals surface area contributed by atoms with Crippen LogP contribution in [0.4, 0.5) is 15.8 Å². The van der Waals surface area contributed by atoms with E-state index in [0.717, 1.165) is 30.6 Å². The smallest absolute Gasteiger partial charge is 0.264 e. The van der Waals surface area contributed by atoms with E-state index in [9.17, 15) is 38.0 Å². The third-order valence-electron chi connectivity index (χ3n) is 10.5. The first-order chi connectivity index (χ1) is 27.4. The SMILES string of the molecule is CCN(CCNC(=O)c1c(C)[nH]c(/C=C2\C(=O)Nc3ccc(F)cc32)c1C)CC(=O)NCCCCCCNc1cccc2c1C(=O)N(C1CCC(=O)NC1=O)C2=O. The number of hydrogen-bond donors (Lipinski definition) is 6. The topological polar surface area (TPSA) is 202 Å². The zero-order valence-electron chi connectivity index (χ0n) is 32.2. The molecule has 300 valence electrons. The standard InChI is InChI=1S/C41H47FN8O7/c1-4-49(19-18-45-39(55)35-23(2)31(46-24(35)3)21-28-27-20-25(42)12-13-29(27)47-37(28)53)22-34(52)44-17-8-6-5-7-16-43-30-11-9-10-26-36(30)41(57)50(40(26)56)32-14-15-33(51)48-38(32)54/h9-13,20-21,32,43,46H,4-8,14-19,22H2,1-3H3,(H,44,52)(H,45,55)(H,47,53)(H,48,51,54)/b28-21-. The Labute approximate surface area is 329 Å². The predicted octanol–water partition coefficient (Wildman–Crippen LogP) is 3.50. The van der Waals surface area contributed by atoms with Crippen LogP contribution in [0.2, 0.25) is 0 Å². The molecular formula is C41H47FN8O7. The van der Waals surface area contributed by atoms with Gasteiger partial charge in [-0.1, -0.05) is 25.8 Å². The summed E-state index contributed by atoms with van der Waals surface area (Å²) in [4.78, 5) is 94.8. The van der Waals surface area contributed by atoms with Crippen molar-refractivity contribution >= 4 is 64.4 Å². The van der Waals surface area contributed by atoms with Crippen LogP contribution in [0.15, 0.2) is 36.4 Å². The highest BCUT2D eigenvalue weighted by Crippen LogP contribution is 2.35. The van der Waals surface area contributed by atoms with Gasteiger partial charge in [0.05, 0.1) is 28.8 Å². The van der Waals surface area contributed by atoms with E-state index in [4.69, 9.17) is 0 Å². The van der Waals surface area contributed by atoms with Crippen LogP contribution >= 0.6 is 0 Å². The number of aromatic amines is 1. The Bertz CT molecular complexity index is 2160. The fourth-order valence-corrected chi connectivity index (χ4v) is 7.45. The Morgan fingerprint density at radius 2 is 1.70 bits per heavy atom. The molecule has 1 saturated heterocycles. The van der Waals surface area contributed by atoms with Crippen LogP contribution in [-0.4, -0.2) is 101 Å². The third-order valence-corrected chi connectivity index (χ3v) is 10.5. The summed E-state index contributed by atoms with van der Waals surface area (Å²) >= 11 is 0. The number of amides is 7. The monoisotopic (exact) mass is 782 g/mol. The van der Waals surface area contributed by atoms with Crippen molar-refractivity contribution < 1.29 is 38.0 Å². The molecule has 4 heterocycles. The fourth-order valence-electron chi connectivity index (χ4n) is 7.45. The Morgan fingerprint density at radius 3 is 2.46 bits per heavy atom. The molecule has 57 heavy (non-hydrogen) atoms. The lowest BCUT2D eigenvalue weighted by Gasteiger charge is -2.27. The second-order valence-electron chi connectivity index (χ2n) is 14.4. The summed E-state index contributed by atoms with van der Waals surface area (Å²) in [5.74, 6) is -3.36. The van der Waals surface area contributed by atoms with E-state index in [1.54, 1.807) is 38.1 Å². The number of fused-ring (bicyclic) bond motifs is 2. The highest BCUT2D eigenvalue weighted by Gasteiger charge is 2.45. The number of carbonyl (C=O) groups excluding carboxylic acids is 7. The number of carbonyl (C=O) groups is 7. The summed E-state index contributed by atoms with van der Waals surface area (Å²) in [7, 11) is 0. The summed E-state index contributed by atoms with van der Waals surface area (Å²) < 4.78 is 13.9. The number of piperidine rings is 1. The molecule has 1 atom stereocenters. The average Bonchev–Trinajstić information content (AvgIpc) is 3.74. The van der Waals surface area contributed by atoms with Crippen molar-refractivity contribution in [1.82, 2.24) is 30.7 Å². The van der Waals surface area contributed by atoms with Gasteiger partial charge in [0.15, 0.2) is 0 Å². The Balaban J connectivity index is 0.878. The number of imide groups is 2. The van der Waals surface area contributed by atoms with Gasteiger partial charge in [0.1, 0.15) is 11.9 Å². The molecule has 1 unspecified atom stereocenters. The molecule has 6 rings (SSSR count). The number of anilines is 2. The zero-order chi connectivity index (χ0) is 40.8. The van der Waals surface area contributed by atoms with Gasteiger partial charge in [-0.2, -0.15) is 0 Å². The minimum Gasteiger partial charge on any atom is -0.384 e. The van der Waals surface area contributed by atoms with Crippen LogP contribution in [0.1, 0.15) is 99.0 Å². The molecule has 3 aliphatic rings. The maximum atomic E-state index is 13.9. The molecular weight excluding hydrogens is 735 g/mol. The highest BCUT2D eigenvalue weighted by molar-refractivity contribution is 6.35. The lowest BCUT2D eigenvalue weighted by atomic mass is 10.0. The Hall–Kier alpha value is -6.16. The Morgan fingerprint density at radius 1 is 0.930 bits per heavy atom. The van der Waals surface area contributed by atoms with Gasteiger partial charge in [0.2, 0.25) is 17.7 Å². The number of nitrogens with one attached hydrogen (secondary N) is 6. The van der Waals surface area contributed by atoms with Gasteiger partial charge in [0, 0.05) is 60.9 Å². The minimum absolute atomic E-state index is 0.0577. The summed E-state index contributed by atoms with van der Waals surface area (Å²) in [6.45, 7) is 8.16. The number of aromatic nitrogens is 1. The van der Waals surface area contributed by atoms with Crippen LogP contribution in [0.3, 0.4) is 0 Å². The number of aryl methyl sites for hydroxylation is 1. The van der Waals surface area contributed by atoms with Crippen LogP contribution in [-0.2, 0) is 19.2 Å². The zero-order valence-corrected chi connectivity index (χ0v) is 32.2. The molecule has 1 fully saturated rings. The van der Waals surface area contributed by atoms with E-state index in [2.05, 4.69) is 31.6 Å². The van der Waals surface area contributed by atoms with Crippen molar-refractivity contribution in [2.75, 3.05) is 49.9 Å². The first-order valence-electron chi connectivity index (χ1n) is 19.3. The quantitative estimate of drug-likeness (QED) is 0.0674. The molecule has 15 nitrogen and oxygen atoms in total. The molecule has 0 saturated carbocycles. The maximum Gasteiger partial charge on any atom is 0.264 e. The second-order valence-corrected chi connectivity index (χ2v) is 14.4. The molecule has 3 aromatic rings. The molecule has 7 amide bonds. The number of nitrogens with zero attached hydrogens (tertiary/aromatic N) is 2. The first kappa shape index (κ1) is 40.5. The van der Waals surface area contributed by atoms with Crippen LogP contribution in [0, 0.1) is 19.7 Å². The average molecular weight is 783 g/mol. The number of unbranched alkanes of at least 4 members (excludes halogenated alkanes) is 3. The van der Waals surface area contributed by atoms with Crippen molar-refractivity contribution in [1.29, 1.82) is 0 Å². The molecule has 3 aliphatic heterocycles. The first-order valence-corrected chi connectivity index (χ1v) is 19.3. The predicted molar refractivity (Wildman–Crippen MR) is 211 cm³/mol. The summed E-state index contributed by atoms with van der Waals surface area (Å²) in [6.07, 6.45) is 5.10. The van der Waals surface area contributed by atoms with E-state index in [-0.39, 0.29) is 48.2 Å². The van der Waals surface area contributed by atoms with Crippen LogP contribution < -0.4 is 26.6 Å². The van der Waals surface area contributed by atoms with Gasteiger partial charge in [-0.3, -0.25) is 48.7 Å². The van der Waals surface area contributed by atoms with Gasteiger partial charge in [-0.05, 0) is 81.6 Å². The van der Waals surface area contributed by atoms with Crippen molar-refractivity contribution in [3.05, 3.63) is 81.4 Å². The summed E-state index contributed by atoms with van der Waals surface area (Å²) in [5.41, 5.74) is 4.61. The molecule has 0 radical (unpaired) electrons.